The number of benzene rings is 1. The van der Waals surface area contributed by atoms with E-state index in [0.717, 1.165) is 0 Å². The highest BCUT2D eigenvalue weighted by atomic mass is 35.5. The molecule has 0 radical (unpaired) electrons. The van der Waals surface area contributed by atoms with Crippen molar-refractivity contribution >= 4 is 11.6 Å². The summed E-state index contributed by atoms with van der Waals surface area (Å²) in [6.07, 6.45) is -8.31. The van der Waals surface area contributed by atoms with Gasteiger partial charge in [0.25, 0.3) is 6.43 Å². The number of halogens is 7. The number of rotatable bonds is 2. The predicted octanol–water partition coefficient (Wildman–Crippen LogP) is 3.76. The van der Waals surface area contributed by atoms with Crippen LogP contribution < -0.4 is 5.73 Å². The number of hydrogen-bond acceptors (Lipinski definition) is 1. The van der Waals surface area contributed by atoms with Crippen molar-refractivity contribution in [3.63, 3.8) is 0 Å². The maximum absolute atomic E-state index is 13.4. The third-order valence-corrected chi connectivity index (χ3v) is 2.33. The van der Waals surface area contributed by atoms with E-state index in [-0.39, 0.29) is 0 Å². The Morgan fingerprint density at radius 1 is 1.18 bits per heavy atom. The molecule has 0 saturated heterocycles. The maximum atomic E-state index is 13.4. The highest BCUT2D eigenvalue weighted by molar-refractivity contribution is 6.30. The van der Waals surface area contributed by atoms with Crippen LogP contribution in [0.3, 0.4) is 0 Å². The van der Waals surface area contributed by atoms with Crippen molar-refractivity contribution in [1.29, 1.82) is 0 Å². The summed E-state index contributed by atoms with van der Waals surface area (Å²) in [5.74, 6) is -1.57. The second-order valence-electron chi connectivity index (χ2n) is 3.18. The lowest BCUT2D eigenvalue weighted by Gasteiger charge is -2.19. The standard InChI is InChI=1S/C9H6ClF6N/c10-4-2-1-3(9(14,15)16)5(6(4)11)7(17)8(12)13/h1-2,7-8H,17H2/t7-/m0/s1. The van der Waals surface area contributed by atoms with Crippen LogP contribution in [-0.2, 0) is 6.18 Å². The van der Waals surface area contributed by atoms with E-state index < -0.39 is 40.6 Å². The second-order valence-corrected chi connectivity index (χ2v) is 3.59. The summed E-state index contributed by atoms with van der Waals surface area (Å²) in [4.78, 5) is 0. The summed E-state index contributed by atoms with van der Waals surface area (Å²) in [6, 6.07) is -1.32. The van der Waals surface area contributed by atoms with Gasteiger partial charge in [-0.3, -0.25) is 0 Å². The molecule has 0 aliphatic heterocycles. The molecule has 1 nitrogen and oxygen atoms in total. The maximum Gasteiger partial charge on any atom is 0.416 e. The van der Waals surface area contributed by atoms with Crippen LogP contribution in [0.2, 0.25) is 5.02 Å². The van der Waals surface area contributed by atoms with E-state index in [2.05, 4.69) is 0 Å². The van der Waals surface area contributed by atoms with Crippen LogP contribution in [0.5, 0.6) is 0 Å². The van der Waals surface area contributed by atoms with Crippen LogP contribution in [0.1, 0.15) is 17.2 Å². The molecule has 0 unspecified atom stereocenters. The Kier molecular flexibility index (Phi) is 3.93. The van der Waals surface area contributed by atoms with Gasteiger partial charge in [0.15, 0.2) is 0 Å². The first-order valence-corrected chi connectivity index (χ1v) is 4.63. The Balaban J connectivity index is 3.47. The zero-order valence-electron chi connectivity index (χ0n) is 8.03. The molecule has 0 fully saturated rings. The largest absolute Gasteiger partial charge is 0.416 e. The molecule has 0 heterocycles. The fourth-order valence-electron chi connectivity index (χ4n) is 1.27. The fraction of sp³-hybridized carbons (Fsp3) is 0.333. The number of alkyl halides is 5. The molecular weight excluding hydrogens is 272 g/mol. The molecule has 0 bridgehead atoms. The second kappa shape index (κ2) is 4.73. The SMILES string of the molecule is N[C@@H](c1c(C(F)(F)F)ccc(Cl)c1F)C(F)F. The molecule has 17 heavy (non-hydrogen) atoms. The van der Waals surface area contributed by atoms with Gasteiger partial charge in [-0.15, -0.1) is 0 Å². The minimum absolute atomic E-state index is 0.420. The van der Waals surface area contributed by atoms with Gasteiger partial charge in [-0.1, -0.05) is 11.6 Å². The molecule has 2 N–H and O–H groups in total. The third-order valence-electron chi connectivity index (χ3n) is 2.04. The van der Waals surface area contributed by atoms with Crippen molar-refractivity contribution < 1.29 is 26.3 Å². The van der Waals surface area contributed by atoms with E-state index in [4.69, 9.17) is 17.3 Å². The van der Waals surface area contributed by atoms with Crippen LogP contribution in [0.25, 0.3) is 0 Å². The normalized spacial score (nSPS) is 14.2. The van der Waals surface area contributed by atoms with Gasteiger partial charge in [0, 0.05) is 5.56 Å². The van der Waals surface area contributed by atoms with E-state index in [0.29, 0.717) is 12.1 Å². The first-order valence-electron chi connectivity index (χ1n) is 4.25. The minimum Gasteiger partial charge on any atom is -0.319 e. The number of hydrogen-bond donors (Lipinski definition) is 1. The van der Waals surface area contributed by atoms with E-state index in [9.17, 15) is 26.3 Å². The van der Waals surface area contributed by atoms with Crippen molar-refractivity contribution in [1.82, 2.24) is 0 Å². The molecule has 96 valence electrons. The Labute approximate surface area is 97.2 Å². The molecule has 1 atom stereocenters. The molecule has 0 aliphatic rings. The monoisotopic (exact) mass is 277 g/mol. The molecule has 0 aromatic heterocycles. The van der Waals surface area contributed by atoms with Gasteiger partial charge in [-0.2, -0.15) is 13.2 Å². The molecule has 0 aliphatic carbocycles. The topological polar surface area (TPSA) is 26.0 Å². The predicted molar refractivity (Wildman–Crippen MR) is 49.3 cm³/mol. The van der Waals surface area contributed by atoms with Crippen LogP contribution >= 0.6 is 11.6 Å². The summed E-state index contributed by atoms with van der Waals surface area (Å²) in [5, 5.41) is -0.691. The smallest absolute Gasteiger partial charge is 0.319 e. The van der Waals surface area contributed by atoms with E-state index >= 15 is 0 Å². The highest BCUT2D eigenvalue weighted by Gasteiger charge is 2.38. The van der Waals surface area contributed by atoms with Crippen molar-refractivity contribution in [2.24, 2.45) is 5.73 Å². The lowest BCUT2D eigenvalue weighted by Crippen LogP contribution is -2.25. The fourth-order valence-corrected chi connectivity index (χ4v) is 1.43. The van der Waals surface area contributed by atoms with Crippen LogP contribution in [-0.4, -0.2) is 6.43 Å². The summed E-state index contributed by atoms with van der Waals surface area (Å²) >= 11 is 5.24. The van der Waals surface area contributed by atoms with Crippen molar-refractivity contribution in [3.8, 4) is 0 Å². The van der Waals surface area contributed by atoms with Crippen LogP contribution in [0, 0.1) is 5.82 Å². The van der Waals surface area contributed by atoms with Gasteiger partial charge >= 0.3 is 6.18 Å². The van der Waals surface area contributed by atoms with Gasteiger partial charge in [0.2, 0.25) is 0 Å². The zero-order valence-corrected chi connectivity index (χ0v) is 8.79. The third kappa shape index (κ3) is 2.84. The molecule has 0 saturated carbocycles. The average molecular weight is 278 g/mol. The Bertz CT molecular complexity index is 417. The molecule has 0 amide bonds. The van der Waals surface area contributed by atoms with Crippen LogP contribution in [0.4, 0.5) is 26.3 Å². The Morgan fingerprint density at radius 3 is 2.12 bits per heavy atom. The minimum atomic E-state index is -4.98. The van der Waals surface area contributed by atoms with Crippen molar-refractivity contribution in [3.05, 3.63) is 34.1 Å². The molecule has 0 spiro atoms. The van der Waals surface area contributed by atoms with E-state index in [1.807, 2.05) is 0 Å². The van der Waals surface area contributed by atoms with Gasteiger partial charge in [0.1, 0.15) is 5.82 Å². The van der Waals surface area contributed by atoms with E-state index in [1.54, 1.807) is 0 Å². The van der Waals surface area contributed by atoms with Gasteiger partial charge in [-0.05, 0) is 12.1 Å². The quantitative estimate of drug-likeness (QED) is 0.818. The molecule has 1 rings (SSSR count). The van der Waals surface area contributed by atoms with Crippen molar-refractivity contribution in [2.45, 2.75) is 18.6 Å². The molecular formula is C9H6ClF6N. The lowest BCUT2D eigenvalue weighted by atomic mass is 10.00. The summed E-state index contributed by atoms with van der Waals surface area (Å²) in [5.41, 5.74) is 1.99. The lowest BCUT2D eigenvalue weighted by molar-refractivity contribution is -0.138. The highest BCUT2D eigenvalue weighted by Crippen LogP contribution is 2.38. The zero-order chi connectivity index (χ0) is 13.4. The van der Waals surface area contributed by atoms with E-state index in [1.165, 1.54) is 0 Å². The molecule has 1 aromatic rings. The Hall–Kier alpha value is -0.950. The first kappa shape index (κ1) is 14.1. The Morgan fingerprint density at radius 2 is 1.71 bits per heavy atom. The summed E-state index contributed by atoms with van der Waals surface area (Å²) in [6.45, 7) is 0. The van der Waals surface area contributed by atoms with Gasteiger partial charge in [0.05, 0.1) is 16.6 Å². The van der Waals surface area contributed by atoms with Crippen molar-refractivity contribution in [2.75, 3.05) is 0 Å². The number of nitrogens with two attached hydrogens (primary N) is 1. The summed E-state index contributed by atoms with van der Waals surface area (Å²) in [7, 11) is 0. The molecule has 1 aromatic carbocycles. The summed E-state index contributed by atoms with van der Waals surface area (Å²) < 4.78 is 75.4. The van der Waals surface area contributed by atoms with Gasteiger partial charge < -0.3 is 5.73 Å². The first-order chi connectivity index (χ1) is 7.66. The van der Waals surface area contributed by atoms with Crippen LogP contribution in [0.15, 0.2) is 12.1 Å². The van der Waals surface area contributed by atoms with Gasteiger partial charge in [-0.25, -0.2) is 13.2 Å². The average Bonchev–Trinajstić information content (AvgIpc) is 2.19. The molecule has 8 heteroatoms.